The molecule has 0 aliphatic heterocycles. The van der Waals surface area contributed by atoms with Crippen LogP contribution in [0.1, 0.15) is 44.4 Å². The van der Waals surface area contributed by atoms with Crippen molar-refractivity contribution in [3.05, 3.63) is 20.8 Å². The van der Waals surface area contributed by atoms with Crippen LogP contribution >= 0.6 is 27.3 Å². The van der Waals surface area contributed by atoms with Gasteiger partial charge in [-0.1, -0.05) is 26.7 Å². The maximum Gasteiger partial charge on any atom is 0.0701 e. The molecule has 0 unspecified atom stereocenters. The lowest BCUT2D eigenvalue weighted by atomic mass is 9.89. The maximum atomic E-state index is 10.5. The molecule has 0 fully saturated rings. The number of hydrogen-bond donors (Lipinski definition) is 1. The maximum absolute atomic E-state index is 10.5. The van der Waals surface area contributed by atoms with E-state index in [1.807, 2.05) is 0 Å². The first-order valence-electron chi connectivity index (χ1n) is 5.56. The van der Waals surface area contributed by atoms with Gasteiger partial charge >= 0.3 is 0 Å². The summed E-state index contributed by atoms with van der Waals surface area (Å²) in [6.45, 7) is 4.26. The summed E-state index contributed by atoms with van der Waals surface area (Å²) < 4.78 is 1.15. The molecule has 0 aliphatic carbocycles. The first kappa shape index (κ1) is 13.2. The predicted octanol–water partition coefficient (Wildman–Crippen LogP) is 4.38. The van der Waals surface area contributed by atoms with Gasteiger partial charge in [0, 0.05) is 11.3 Å². The zero-order chi connectivity index (χ0) is 11.3. The van der Waals surface area contributed by atoms with Gasteiger partial charge in [0.2, 0.25) is 0 Å². The zero-order valence-corrected chi connectivity index (χ0v) is 11.8. The second-order valence-corrected chi connectivity index (χ2v) is 6.65. The SMILES string of the molecule is CCCC(O)(CCC)Cc1ccc(Br)s1. The highest BCUT2D eigenvalue weighted by Crippen LogP contribution is 2.30. The number of halogens is 1. The Balaban J connectivity index is 2.65. The topological polar surface area (TPSA) is 20.2 Å². The molecule has 0 atom stereocenters. The summed E-state index contributed by atoms with van der Waals surface area (Å²) in [7, 11) is 0. The van der Waals surface area contributed by atoms with E-state index in [9.17, 15) is 5.11 Å². The lowest BCUT2D eigenvalue weighted by molar-refractivity contribution is 0.0224. The van der Waals surface area contributed by atoms with Crippen molar-refractivity contribution >= 4 is 27.3 Å². The number of rotatable bonds is 6. The summed E-state index contributed by atoms with van der Waals surface area (Å²) in [5, 5.41) is 10.5. The van der Waals surface area contributed by atoms with Crippen LogP contribution in [-0.4, -0.2) is 10.7 Å². The predicted molar refractivity (Wildman–Crippen MR) is 70.5 cm³/mol. The zero-order valence-electron chi connectivity index (χ0n) is 9.42. The molecular weight excluding hydrogens is 272 g/mol. The highest BCUT2D eigenvalue weighted by Gasteiger charge is 2.25. The van der Waals surface area contributed by atoms with E-state index in [-0.39, 0.29) is 0 Å². The third-order valence-electron chi connectivity index (χ3n) is 2.56. The van der Waals surface area contributed by atoms with Gasteiger partial charge in [-0.15, -0.1) is 11.3 Å². The minimum atomic E-state index is -0.492. The fourth-order valence-electron chi connectivity index (χ4n) is 2.00. The molecule has 1 heterocycles. The molecule has 15 heavy (non-hydrogen) atoms. The van der Waals surface area contributed by atoms with Crippen molar-refractivity contribution < 1.29 is 5.11 Å². The molecule has 86 valence electrons. The molecule has 0 saturated carbocycles. The largest absolute Gasteiger partial charge is 0.390 e. The summed E-state index contributed by atoms with van der Waals surface area (Å²) in [5.41, 5.74) is -0.492. The second-order valence-electron chi connectivity index (χ2n) is 4.11. The summed E-state index contributed by atoms with van der Waals surface area (Å²) in [5.74, 6) is 0. The molecule has 1 N–H and O–H groups in total. The van der Waals surface area contributed by atoms with Crippen LogP contribution in [0.2, 0.25) is 0 Å². The first-order chi connectivity index (χ1) is 7.09. The van der Waals surface area contributed by atoms with E-state index < -0.39 is 5.60 Å². The lowest BCUT2D eigenvalue weighted by Crippen LogP contribution is -2.30. The lowest BCUT2D eigenvalue weighted by Gasteiger charge is -2.26. The van der Waals surface area contributed by atoms with E-state index in [2.05, 4.69) is 41.9 Å². The molecule has 0 spiro atoms. The van der Waals surface area contributed by atoms with E-state index in [1.54, 1.807) is 11.3 Å². The summed E-state index contributed by atoms with van der Waals surface area (Å²) in [6.07, 6.45) is 4.68. The van der Waals surface area contributed by atoms with E-state index in [0.717, 1.165) is 35.9 Å². The Kier molecular flexibility index (Phi) is 5.30. The van der Waals surface area contributed by atoms with Crippen LogP contribution in [0.5, 0.6) is 0 Å². The summed E-state index contributed by atoms with van der Waals surface area (Å²) >= 11 is 5.18. The van der Waals surface area contributed by atoms with Crippen LogP contribution < -0.4 is 0 Å². The van der Waals surface area contributed by atoms with Gasteiger partial charge < -0.3 is 5.11 Å². The highest BCUT2D eigenvalue weighted by atomic mass is 79.9. The molecule has 1 rings (SSSR count). The minimum Gasteiger partial charge on any atom is -0.390 e. The van der Waals surface area contributed by atoms with Crippen molar-refractivity contribution in [2.24, 2.45) is 0 Å². The van der Waals surface area contributed by atoms with Gasteiger partial charge in [-0.3, -0.25) is 0 Å². The molecule has 0 aliphatic rings. The normalized spacial score (nSPS) is 12.0. The van der Waals surface area contributed by atoms with Crippen molar-refractivity contribution in [1.29, 1.82) is 0 Å². The van der Waals surface area contributed by atoms with Crippen molar-refractivity contribution in [2.75, 3.05) is 0 Å². The Morgan fingerprint density at radius 2 is 1.87 bits per heavy atom. The monoisotopic (exact) mass is 290 g/mol. The van der Waals surface area contributed by atoms with Gasteiger partial charge in [-0.05, 0) is 40.9 Å². The molecule has 1 aromatic heterocycles. The quantitative estimate of drug-likeness (QED) is 0.824. The second kappa shape index (κ2) is 6.02. The van der Waals surface area contributed by atoms with E-state index in [0.29, 0.717) is 0 Å². The standard InChI is InChI=1S/C12H19BrOS/c1-3-7-12(14,8-4-2)9-10-5-6-11(13)15-10/h5-6,14H,3-4,7-9H2,1-2H3. The number of aliphatic hydroxyl groups is 1. The Hall–Kier alpha value is 0.140. The molecule has 1 nitrogen and oxygen atoms in total. The van der Waals surface area contributed by atoms with Crippen LogP contribution in [0.3, 0.4) is 0 Å². The smallest absolute Gasteiger partial charge is 0.0701 e. The number of hydrogen-bond acceptors (Lipinski definition) is 2. The van der Waals surface area contributed by atoms with Crippen LogP contribution in [0, 0.1) is 0 Å². The van der Waals surface area contributed by atoms with Crippen molar-refractivity contribution in [1.82, 2.24) is 0 Å². The van der Waals surface area contributed by atoms with Gasteiger partial charge in [-0.2, -0.15) is 0 Å². The minimum absolute atomic E-state index is 0.492. The van der Waals surface area contributed by atoms with Crippen molar-refractivity contribution in [3.8, 4) is 0 Å². The van der Waals surface area contributed by atoms with Gasteiger partial charge in [0.1, 0.15) is 0 Å². The van der Waals surface area contributed by atoms with Gasteiger partial charge in [0.25, 0.3) is 0 Å². The fourth-order valence-corrected chi connectivity index (χ4v) is 3.62. The molecule has 3 heteroatoms. The number of thiophene rings is 1. The third-order valence-corrected chi connectivity index (χ3v) is 4.19. The fraction of sp³-hybridized carbons (Fsp3) is 0.667. The third kappa shape index (κ3) is 4.25. The first-order valence-corrected chi connectivity index (χ1v) is 7.17. The van der Waals surface area contributed by atoms with Crippen molar-refractivity contribution in [3.63, 3.8) is 0 Å². The summed E-state index contributed by atoms with van der Waals surface area (Å²) in [4.78, 5) is 1.27. The Morgan fingerprint density at radius 3 is 2.27 bits per heavy atom. The Labute approximate surface area is 105 Å². The molecule has 0 saturated heterocycles. The molecule has 0 amide bonds. The Bertz CT molecular complexity index is 290. The van der Waals surface area contributed by atoms with E-state index in [4.69, 9.17) is 0 Å². The van der Waals surface area contributed by atoms with Crippen LogP contribution in [0.4, 0.5) is 0 Å². The van der Waals surface area contributed by atoms with E-state index >= 15 is 0 Å². The molecule has 0 aromatic carbocycles. The molecule has 1 aromatic rings. The molecular formula is C12H19BrOS. The van der Waals surface area contributed by atoms with Gasteiger partial charge in [0.15, 0.2) is 0 Å². The van der Waals surface area contributed by atoms with Crippen molar-refractivity contribution in [2.45, 2.75) is 51.6 Å². The van der Waals surface area contributed by atoms with Gasteiger partial charge in [-0.25, -0.2) is 0 Å². The highest BCUT2D eigenvalue weighted by molar-refractivity contribution is 9.11. The Morgan fingerprint density at radius 1 is 1.27 bits per heavy atom. The van der Waals surface area contributed by atoms with Crippen LogP contribution in [0.25, 0.3) is 0 Å². The van der Waals surface area contributed by atoms with Crippen LogP contribution in [-0.2, 0) is 6.42 Å². The molecule has 0 bridgehead atoms. The van der Waals surface area contributed by atoms with Crippen LogP contribution in [0.15, 0.2) is 15.9 Å². The summed E-state index contributed by atoms with van der Waals surface area (Å²) in [6, 6.07) is 4.16. The molecule has 0 radical (unpaired) electrons. The van der Waals surface area contributed by atoms with E-state index in [1.165, 1.54) is 4.88 Å². The average Bonchev–Trinajstić information content (AvgIpc) is 2.51. The average molecular weight is 291 g/mol. The van der Waals surface area contributed by atoms with Gasteiger partial charge in [0.05, 0.1) is 9.39 Å².